The van der Waals surface area contributed by atoms with E-state index in [1.807, 2.05) is 36.6 Å². The molecule has 0 spiro atoms. The average Bonchev–Trinajstić information content (AvgIpc) is 3.07. The Morgan fingerprint density at radius 2 is 1.80 bits per heavy atom. The molecule has 2 aromatic carbocycles. The molecule has 0 bridgehead atoms. The smallest absolute Gasteiger partial charge is 0.260 e. The van der Waals surface area contributed by atoms with Crippen LogP contribution in [0.5, 0.6) is 0 Å². The van der Waals surface area contributed by atoms with Gasteiger partial charge in [0.2, 0.25) is 0 Å². The van der Waals surface area contributed by atoms with Gasteiger partial charge in [-0.15, -0.1) is 11.3 Å². The fraction of sp³-hybridized carbons (Fsp3) is 0.143. The topological polar surface area (TPSA) is 45.8 Å². The molecule has 25 heavy (non-hydrogen) atoms. The number of aromatic nitrogens is 2. The Morgan fingerprint density at radius 3 is 2.52 bits per heavy atom. The number of hydrogen-bond acceptors (Lipinski definition) is 3. The van der Waals surface area contributed by atoms with E-state index in [1.54, 1.807) is 0 Å². The minimum atomic E-state index is -0.0842. The Bertz CT molecular complexity index is 1110. The minimum absolute atomic E-state index is 0.0842. The molecule has 0 saturated carbocycles. The van der Waals surface area contributed by atoms with Gasteiger partial charge in [0.15, 0.2) is 0 Å². The summed E-state index contributed by atoms with van der Waals surface area (Å²) < 4.78 is 0. The number of fused-ring (bicyclic) bond motifs is 1. The molecule has 4 aromatic rings. The van der Waals surface area contributed by atoms with Gasteiger partial charge in [0.25, 0.3) is 5.56 Å². The van der Waals surface area contributed by atoms with Crippen molar-refractivity contribution in [1.29, 1.82) is 0 Å². The fourth-order valence-electron chi connectivity index (χ4n) is 3.05. The molecule has 0 aliphatic carbocycles. The SMILES string of the molecule is CCc1ccc(-c2csc3nc(-c4ccccc4C)[nH]c(=O)c23)cc1. The van der Waals surface area contributed by atoms with Crippen LogP contribution in [0, 0.1) is 6.92 Å². The predicted octanol–water partition coefficient (Wildman–Crippen LogP) is 5.19. The van der Waals surface area contributed by atoms with E-state index in [-0.39, 0.29) is 5.56 Å². The number of hydrogen-bond donors (Lipinski definition) is 1. The lowest BCUT2D eigenvalue weighted by atomic mass is 10.0. The zero-order valence-corrected chi connectivity index (χ0v) is 15.0. The van der Waals surface area contributed by atoms with Crippen molar-refractivity contribution in [2.45, 2.75) is 20.3 Å². The molecule has 0 saturated heterocycles. The molecule has 0 unspecified atom stereocenters. The molecule has 0 radical (unpaired) electrons. The standard InChI is InChI=1S/C21H18N2OS/c1-3-14-8-10-15(11-9-14)17-12-25-21-18(17)20(24)22-19(23-21)16-7-5-4-6-13(16)2/h4-12H,3H2,1-2H3,(H,22,23,24). The summed E-state index contributed by atoms with van der Waals surface area (Å²) in [6.07, 6.45) is 1.01. The molecule has 4 rings (SSSR count). The van der Waals surface area contributed by atoms with Gasteiger partial charge in [-0.1, -0.05) is 55.5 Å². The Hall–Kier alpha value is -2.72. The second kappa shape index (κ2) is 6.30. The monoisotopic (exact) mass is 346 g/mol. The Balaban J connectivity index is 1.87. The van der Waals surface area contributed by atoms with E-state index in [4.69, 9.17) is 4.98 Å². The lowest BCUT2D eigenvalue weighted by Gasteiger charge is -2.05. The highest BCUT2D eigenvalue weighted by Gasteiger charge is 2.14. The third-order valence-corrected chi connectivity index (χ3v) is 5.39. The fourth-order valence-corrected chi connectivity index (χ4v) is 4.00. The van der Waals surface area contributed by atoms with Crippen molar-refractivity contribution in [3.8, 4) is 22.5 Å². The van der Waals surface area contributed by atoms with E-state index in [1.165, 1.54) is 16.9 Å². The largest absolute Gasteiger partial charge is 0.306 e. The number of thiophene rings is 1. The summed E-state index contributed by atoms with van der Waals surface area (Å²) in [5.74, 6) is 0.630. The third kappa shape index (κ3) is 2.79. The molecule has 124 valence electrons. The molecule has 0 aliphatic heterocycles. The Labute approximate surface area is 150 Å². The lowest BCUT2D eigenvalue weighted by molar-refractivity contribution is 1.14. The predicted molar refractivity (Wildman–Crippen MR) is 105 cm³/mol. The maximum absolute atomic E-state index is 12.8. The lowest BCUT2D eigenvalue weighted by Crippen LogP contribution is -2.09. The first-order valence-corrected chi connectivity index (χ1v) is 9.22. The molecular formula is C21H18N2OS. The van der Waals surface area contributed by atoms with Crippen LogP contribution in [0.3, 0.4) is 0 Å². The molecule has 3 nitrogen and oxygen atoms in total. The van der Waals surface area contributed by atoms with Crippen molar-refractivity contribution in [1.82, 2.24) is 9.97 Å². The molecule has 2 heterocycles. The van der Waals surface area contributed by atoms with Gasteiger partial charge in [0.05, 0.1) is 5.39 Å². The summed E-state index contributed by atoms with van der Waals surface area (Å²) in [5, 5.41) is 2.70. The first kappa shape index (κ1) is 15.8. The third-order valence-electron chi connectivity index (χ3n) is 4.52. The highest BCUT2D eigenvalue weighted by Crippen LogP contribution is 2.32. The molecule has 0 aliphatic rings. The highest BCUT2D eigenvalue weighted by molar-refractivity contribution is 7.17. The van der Waals surface area contributed by atoms with Crippen LogP contribution >= 0.6 is 11.3 Å². The molecule has 0 atom stereocenters. The van der Waals surface area contributed by atoms with Gasteiger partial charge >= 0.3 is 0 Å². The highest BCUT2D eigenvalue weighted by atomic mass is 32.1. The second-order valence-electron chi connectivity index (χ2n) is 6.11. The molecule has 4 heteroatoms. The van der Waals surface area contributed by atoms with Crippen LogP contribution in [0.1, 0.15) is 18.1 Å². The summed E-state index contributed by atoms with van der Waals surface area (Å²) in [6.45, 7) is 4.16. The number of benzene rings is 2. The number of rotatable bonds is 3. The van der Waals surface area contributed by atoms with Gasteiger partial charge < -0.3 is 4.98 Å². The van der Waals surface area contributed by atoms with Crippen molar-refractivity contribution in [2.75, 3.05) is 0 Å². The zero-order valence-electron chi connectivity index (χ0n) is 14.2. The number of aryl methyl sites for hydroxylation is 2. The summed E-state index contributed by atoms with van der Waals surface area (Å²) in [6, 6.07) is 16.3. The Kier molecular flexibility index (Phi) is 3.98. The van der Waals surface area contributed by atoms with Crippen LogP contribution in [0.2, 0.25) is 0 Å². The van der Waals surface area contributed by atoms with Gasteiger partial charge in [-0.25, -0.2) is 4.98 Å². The van der Waals surface area contributed by atoms with Gasteiger partial charge in [0, 0.05) is 16.5 Å². The maximum Gasteiger partial charge on any atom is 0.260 e. The van der Waals surface area contributed by atoms with E-state index < -0.39 is 0 Å². The first-order chi connectivity index (χ1) is 12.2. The summed E-state index contributed by atoms with van der Waals surface area (Å²) in [4.78, 5) is 21.2. The quantitative estimate of drug-likeness (QED) is 0.555. The molecular weight excluding hydrogens is 328 g/mol. The number of H-pyrrole nitrogens is 1. The number of aromatic amines is 1. The van der Waals surface area contributed by atoms with Crippen molar-refractivity contribution >= 4 is 21.6 Å². The van der Waals surface area contributed by atoms with Crippen molar-refractivity contribution < 1.29 is 0 Å². The van der Waals surface area contributed by atoms with Crippen LogP contribution in [-0.4, -0.2) is 9.97 Å². The second-order valence-corrected chi connectivity index (χ2v) is 6.97. The summed E-state index contributed by atoms with van der Waals surface area (Å²) >= 11 is 1.52. The van der Waals surface area contributed by atoms with Crippen LogP contribution < -0.4 is 5.56 Å². The molecule has 0 fully saturated rings. The van der Waals surface area contributed by atoms with E-state index in [2.05, 4.69) is 36.2 Å². The molecule has 0 amide bonds. The van der Waals surface area contributed by atoms with E-state index in [0.29, 0.717) is 11.2 Å². The van der Waals surface area contributed by atoms with Crippen LogP contribution in [0.4, 0.5) is 0 Å². The van der Waals surface area contributed by atoms with E-state index in [9.17, 15) is 4.79 Å². The summed E-state index contributed by atoms with van der Waals surface area (Å²) in [7, 11) is 0. The van der Waals surface area contributed by atoms with Crippen molar-refractivity contribution in [2.24, 2.45) is 0 Å². The van der Waals surface area contributed by atoms with Gasteiger partial charge in [-0.2, -0.15) is 0 Å². The van der Waals surface area contributed by atoms with Gasteiger partial charge in [-0.3, -0.25) is 4.79 Å². The van der Waals surface area contributed by atoms with Crippen molar-refractivity contribution in [3.63, 3.8) is 0 Å². The first-order valence-electron chi connectivity index (χ1n) is 8.34. The zero-order chi connectivity index (χ0) is 17.4. The normalized spacial score (nSPS) is 11.1. The number of nitrogens with one attached hydrogen (secondary N) is 1. The summed E-state index contributed by atoms with van der Waals surface area (Å²) in [5.41, 5.74) is 5.27. The Morgan fingerprint density at radius 1 is 1.04 bits per heavy atom. The maximum atomic E-state index is 12.8. The minimum Gasteiger partial charge on any atom is -0.306 e. The molecule has 2 aromatic heterocycles. The van der Waals surface area contributed by atoms with Gasteiger partial charge in [0.1, 0.15) is 10.7 Å². The van der Waals surface area contributed by atoms with E-state index in [0.717, 1.165) is 33.5 Å². The van der Waals surface area contributed by atoms with Crippen LogP contribution in [-0.2, 0) is 6.42 Å². The number of nitrogens with zero attached hydrogens (tertiary/aromatic N) is 1. The van der Waals surface area contributed by atoms with E-state index >= 15 is 0 Å². The molecule has 1 N–H and O–H groups in total. The van der Waals surface area contributed by atoms with Crippen LogP contribution in [0.25, 0.3) is 32.7 Å². The van der Waals surface area contributed by atoms with Crippen molar-refractivity contribution in [3.05, 3.63) is 75.4 Å². The van der Waals surface area contributed by atoms with Gasteiger partial charge in [-0.05, 0) is 30.0 Å². The van der Waals surface area contributed by atoms with Crippen LogP contribution in [0.15, 0.2) is 58.7 Å². The average molecular weight is 346 g/mol.